The molecule has 25 heavy (non-hydrogen) atoms. The fourth-order valence-electron chi connectivity index (χ4n) is 2.95. The third-order valence-corrected chi connectivity index (χ3v) is 4.53. The molecule has 1 atom stereocenters. The maximum atomic E-state index is 12.4. The van der Waals surface area contributed by atoms with E-state index in [1.54, 1.807) is 18.2 Å². The van der Waals surface area contributed by atoms with Crippen LogP contribution in [-0.2, 0) is 9.53 Å². The lowest BCUT2D eigenvalue weighted by Crippen LogP contribution is -2.52. The molecule has 0 spiro atoms. The van der Waals surface area contributed by atoms with Crippen molar-refractivity contribution in [1.82, 2.24) is 5.32 Å². The maximum absolute atomic E-state index is 12.4. The van der Waals surface area contributed by atoms with Crippen molar-refractivity contribution < 1.29 is 14.3 Å². The van der Waals surface area contributed by atoms with Gasteiger partial charge < -0.3 is 15.0 Å². The normalized spacial score (nSPS) is 17.0. The van der Waals surface area contributed by atoms with Gasteiger partial charge in [-0.25, -0.2) is 4.79 Å². The molecule has 1 N–H and O–H groups in total. The monoisotopic (exact) mass is 343 g/mol. The first kappa shape index (κ1) is 18.8. The van der Waals surface area contributed by atoms with Crippen molar-refractivity contribution in [3.8, 4) is 6.07 Å². The highest BCUT2D eigenvalue weighted by Crippen LogP contribution is 2.27. The molecule has 1 fully saturated rings. The van der Waals surface area contributed by atoms with Gasteiger partial charge in [0, 0.05) is 19.8 Å². The lowest BCUT2D eigenvalue weighted by atomic mass is 9.83. The molecule has 1 saturated carbocycles. The second kappa shape index (κ2) is 8.02. The Morgan fingerprint density at radius 2 is 1.96 bits per heavy atom. The molecule has 0 aromatic heterocycles. The Bertz CT molecular complexity index is 673. The molecule has 6 nitrogen and oxygen atoms in total. The second-order valence-electron chi connectivity index (χ2n) is 6.74. The molecule has 6 heteroatoms. The summed E-state index contributed by atoms with van der Waals surface area (Å²) in [4.78, 5) is 26.5. The fourth-order valence-corrected chi connectivity index (χ4v) is 2.95. The summed E-state index contributed by atoms with van der Waals surface area (Å²) in [6.07, 6.45) is 3.23. The van der Waals surface area contributed by atoms with E-state index in [0.29, 0.717) is 18.4 Å². The average molecular weight is 343 g/mol. The number of nitriles is 1. The zero-order valence-electron chi connectivity index (χ0n) is 15.0. The van der Waals surface area contributed by atoms with Gasteiger partial charge in [0.25, 0.3) is 5.91 Å². The molecule has 2 rings (SSSR count). The summed E-state index contributed by atoms with van der Waals surface area (Å²) < 4.78 is 5.29. The smallest absolute Gasteiger partial charge is 0.338 e. The number of anilines is 1. The van der Waals surface area contributed by atoms with Gasteiger partial charge in [0.15, 0.2) is 6.10 Å². The first-order chi connectivity index (χ1) is 11.9. The summed E-state index contributed by atoms with van der Waals surface area (Å²) in [7, 11) is 3.76. The van der Waals surface area contributed by atoms with E-state index in [0.717, 1.165) is 24.9 Å². The number of carbonyl (C=O) groups excluding carboxylic acids is 2. The number of nitrogens with zero attached hydrogens (tertiary/aromatic N) is 2. The summed E-state index contributed by atoms with van der Waals surface area (Å²) in [6.45, 7) is 1.52. The molecule has 1 amide bonds. The van der Waals surface area contributed by atoms with Gasteiger partial charge in [0.2, 0.25) is 0 Å². The lowest BCUT2D eigenvalue weighted by Gasteiger charge is -2.32. The Morgan fingerprint density at radius 1 is 1.28 bits per heavy atom. The third-order valence-electron chi connectivity index (χ3n) is 4.53. The highest BCUT2D eigenvalue weighted by molar-refractivity contribution is 5.93. The number of ether oxygens (including phenoxy) is 1. The van der Waals surface area contributed by atoms with Crippen molar-refractivity contribution in [2.75, 3.05) is 19.0 Å². The molecule has 0 heterocycles. The van der Waals surface area contributed by atoms with Crippen LogP contribution in [0.15, 0.2) is 24.3 Å². The number of benzene rings is 1. The summed E-state index contributed by atoms with van der Waals surface area (Å²) in [5.41, 5.74) is 0.427. The number of nitrogens with one attached hydrogen (secondary N) is 1. The molecule has 0 aliphatic heterocycles. The molecule has 0 saturated heterocycles. The molecular weight excluding hydrogens is 318 g/mol. The van der Waals surface area contributed by atoms with E-state index in [9.17, 15) is 14.9 Å². The van der Waals surface area contributed by atoms with Crippen LogP contribution in [0.4, 0.5) is 5.69 Å². The number of hydrogen-bond donors (Lipinski definition) is 1. The number of rotatable bonds is 5. The van der Waals surface area contributed by atoms with Gasteiger partial charge in [-0.15, -0.1) is 0 Å². The van der Waals surface area contributed by atoms with Crippen molar-refractivity contribution >= 4 is 17.6 Å². The fraction of sp³-hybridized carbons (Fsp3) is 0.526. The van der Waals surface area contributed by atoms with E-state index >= 15 is 0 Å². The maximum Gasteiger partial charge on any atom is 0.338 e. The Hall–Kier alpha value is -2.55. The molecule has 1 aliphatic rings. The van der Waals surface area contributed by atoms with Gasteiger partial charge in [0.1, 0.15) is 5.54 Å². The highest BCUT2D eigenvalue weighted by atomic mass is 16.5. The quantitative estimate of drug-likeness (QED) is 0.831. The van der Waals surface area contributed by atoms with Crippen LogP contribution in [0.2, 0.25) is 0 Å². The van der Waals surface area contributed by atoms with Gasteiger partial charge >= 0.3 is 5.97 Å². The van der Waals surface area contributed by atoms with E-state index in [1.807, 2.05) is 25.1 Å². The largest absolute Gasteiger partial charge is 0.449 e. The van der Waals surface area contributed by atoms with Crippen molar-refractivity contribution in [2.24, 2.45) is 0 Å². The number of hydrogen-bond acceptors (Lipinski definition) is 5. The van der Waals surface area contributed by atoms with Crippen molar-refractivity contribution in [3.05, 3.63) is 29.8 Å². The van der Waals surface area contributed by atoms with E-state index < -0.39 is 23.5 Å². The summed E-state index contributed by atoms with van der Waals surface area (Å²) in [6, 6.07) is 9.24. The van der Waals surface area contributed by atoms with Crippen LogP contribution in [0.3, 0.4) is 0 Å². The molecule has 1 aromatic carbocycles. The van der Waals surface area contributed by atoms with Crippen molar-refractivity contribution in [3.63, 3.8) is 0 Å². The zero-order valence-corrected chi connectivity index (χ0v) is 15.0. The molecule has 1 aliphatic carbocycles. The minimum Gasteiger partial charge on any atom is -0.449 e. The predicted molar refractivity (Wildman–Crippen MR) is 95.2 cm³/mol. The zero-order chi connectivity index (χ0) is 18.4. The third kappa shape index (κ3) is 4.72. The standard InChI is InChI=1S/C19H25N3O3/c1-14(17(23)21-19(13-20)10-5-4-6-11-19)25-18(24)15-8-7-9-16(12-15)22(2)3/h7-9,12,14H,4-6,10-11H2,1-3H3,(H,21,23)/t14-/m1/s1. The lowest BCUT2D eigenvalue weighted by molar-refractivity contribution is -0.130. The van der Waals surface area contributed by atoms with Crippen molar-refractivity contribution in [2.45, 2.75) is 50.7 Å². The Kier molecular flexibility index (Phi) is 6.02. The van der Waals surface area contributed by atoms with Crippen LogP contribution >= 0.6 is 0 Å². The van der Waals surface area contributed by atoms with E-state index in [-0.39, 0.29) is 0 Å². The average Bonchev–Trinajstić information content (AvgIpc) is 2.62. The van der Waals surface area contributed by atoms with Crippen LogP contribution < -0.4 is 10.2 Å². The minimum absolute atomic E-state index is 0.388. The van der Waals surface area contributed by atoms with E-state index in [2.05, 4.69) is 11.4 Å². The molecule has 0 unspecified atom stereocenters. The summed E-state index contributed by atoms with van der Waals surface area (Å²) >= 11 is 0. The minimum atomic E-state index is -0.956. The number of esters is 1. The van der Waals surface area contributed by atoms with Crippen LogP contribution in [0.5, 0.6) is 0 Å². The Labute approximate surface area is 148 Å². The predicted octanol–water partition coefficient (Wildman–Crippen LogP) is 2.64. The van der Waals surface area contributed by atoms with Crippen LogP contribution in [-0.4, -0.2) is 37.6 Å². The van der Waals surface area contributed by atoms with E-state index in [1.165, 1.54) is 6.92 Å². The molecular formula is C19H25N3O3. The Balaban J connectivity index is 1.99. The van der Waals surface area contributed by atoms with E-state index in [4.69, 9.17) is 4.74 Å². The van der Waals surface area contributed by atoms with Gasteiger partial charge in [-0.3, -0.25) is 4.79 Å². The second-order valence-corrected chi connectivity index (χ2v) is 6.74. The Morgan fingerprint density at radius 3 is 2.56 bits per heavy atom. The van der Waals surface area contributed by atoms with Crippen molar-refractivity contribution in [1.29, 1.82) is 5.26 Å². The van der Waals surface area contributed by atoms with Crippen LogP contribution in [0, 0.1) is 11.3 Å². The number of amides is 1. The highest BCUT2D eigenvalue weighted by Gasteiger charge is 2.35. The van der Waals surface area contributed by atoms with Gasteiger partial charge in [-0.2, -0.15) is 5.26 Å². The SMILES string of the molecule is C[C@@H](OC(=O)c1cccc(N(C)C)c1)C(=O)NC1(C#N)CCCCC1. The van der Waals surface area contributed by atoms with Gasteiger partial charge in [0.05, 0.1) is 11.6 Å². The molecule has 1 aromatic rings. The van der Waals surface area contributed by atoms with Crippen LogP contribution in [0.25, 0.3) is 0 Å². The first-order valence-corrected chi connectivity index (χ1v) is 8.58. The summed E-state index contributed by atoms with van der Waals surface area (Å²) in [5.74, 6) is -0.985. The first-order valence-electron chi connectivity index (χ1n) is 8.58. The molecule has 134 valence electrons. The van der Waals surface area contributed by atoms with Gasteiger partial charge in [-0.1, -0.05) is 25.3 Å². The van der Waals surface area contributed by atoms with Crippen LogP contribution in [0.1, 0.15) is 49.4 Å². The number of carbonyl (C=O) groups is 2. The van der Waals surface area contributed by atoms with Gasteiger partial charge in [-0.05, 0) is 38.0 Å². The molecule has 0 radical (unpaired) electrons. The summed E-state index contributed by atoms with van der Waals surface area (Å²) in [5, 5.41) is 12.2. The topological polar surface area (TPSA) is 82.4 Å². The molecule has 0 bridgehead atoms.